The summed E-state index contributed by atoms with van der Waals surface area (Å²) in [7, 11) is 0. The molecular weight excluding hydrogens is 326 g/mol. The fraction of sp³-hybridized carbons (Fsp3) is 0.286. The predicted octanol–water partition coefficient (Wildman–Crippen LogP) is 3.52. The van der Waals surface area contributed by atoms with E-state index in [2.05, 4.69) is 27.0 Å². The fourth-order valence-electron chi connectivity index (χ4n) is 3.92. The summed E-state index contributed by atoms with van der Waals surface area (Å²) in [6.45, 7) is 1.42. The van der Waals surface area contributed by atoms with Crippen LogP contribution in [0.15, 0.2) is 61.1 Å². The standard InChI is InChI=1S/C21H21N3O2/c25-21(26)16-6-4-12-24(14-16)20(15-5-3-10-22-13-15)18-9-11-23-19-8-2-1-7-17(18)19/h1-3,5,7-11,13,16,20H,4,6,12,14H2,(H,25,26). The molecule has 0 radical (unpaired) electrons. The number of likely N-dealkylation sites (tertiary alicyclic amines) is 1. The van der Waals surface area contributed by atoms with Crippen molar-refractivity contribution in [2.75, 3.05) is 13.1 Å². The molecule has 1 fully saturated rings. The zero-order valence-electron chi connectivity index (χ0n) is 14.5. The molecule has 132 valence electrons. The Kier molecular flexibility index (Phi) is 4.63. The average molecular weight is 347 g/mol. The number of pyridine rings is 2. The zero-order valence-corrected chi connectivity index (χ0v) is 14.5. The first kappa shape index (κ1) is 16.7. The first-order chi connectivity index (χ1) is 12.7. The number of hydrogen-bond donors (Lipinski definition) is 1. The molecule has 1 N–H and O–H groups in total. The summed E-state index contributed by atoms with van der Waals surface area (Å²) in [6.07, 6.45) is 7.10. The van der Waals surface area contributed by atoms with Crippen LogP contribution in [0.1, 0.15) is 30.0 Å². The molecule has 3 aromatic rings. The second-order valence-corrected chi connectivity index (χ2v) is 6.78. The van der Waals surface area contributed by atoms with Gasteiger partial charge in [0.25, 0.3) is 0 Å². The molecule has 1 aromatic carbocycles. The lowest BCUT2D eigenvalue weighted by Gasteiger charge is -2.37. The van der Waals surface area contributed by atoms with Gasteiger partial charge in [-0.1, -0.05) is 24.3 Å². The van der Waals surface area contributed by atoms with Crippen LogP contribution < -0.4 is 0 Å². The van der Waals surface area contributed by atoms with E-state index in [9.17, 15) is 9.90 Å². The number of carboxylic acids is 1. The topological polar surface area (TPSA) is 66.3 Å². The van der Waals surface area contributed by atoms with Crippen LogP contribution in [0.4, 0.5) is 0 Å². The Balaban J connectivity index is 1.82. The number of aliphatic carboxylic acids is 1. The van der Waals surface area contributed by atoms with E-state index < -0.39 is 5.97 Å². The summed E-state index contributed by atoms with van der Waals surface area (Å²) in [5.41, 5.74) is 3.18. The molecule has 4 rings (SSSR count). The van der Waals surface area contributed by atoms with E-state index in [1.165, 1.54) is 0 Å². The molecule has 5 heteroatoms. The molecule has 26 heavy (non-hydrogen) atoms. The number of para-hydroxylation sites is 1. The summed E-state index contributed by atoms with van der Waals surface area (Å²) in [5, 5.41) is 10.6. The van der Waals surface area contributed by atoms with Crippen LogP contribution in [0.2, 0.25) is 0 Å². The van der Waals surface area contributed by atoms with Crippen molar-refractivity contribution < 1.29 is 9.90 Å². The lowest BCUT2D eigenvalue weighted by Crippen LogP contribution is -2.41. The van der Waals surface area contributed by atoms with Gasteiger partial charge in [0.1, 0.15) is 0 Å². The van der Waals surface area contributed by atoms with Crippen molar-refractivity contribution >= 4 is 16.9 Å². The van der Waals surface area contributed by atoms with Crippen LogP contribution in [0.3, 0.4) is 0 Å². The highest BCUT2D eigenvalue weighted by molar-refractivity contribution is 5.82. The summed E-state index contributed by atoms with van der Waals surface area (Å²) in [5.74, 6) is -1.03. The number of piperidine rings is 1. The van der Waals surface area contributed by atoms with Crippen LogP contribution in [0.25, 0.3) is 10.9 Å². The minimum Gasteiger partial charge on any atom is -0.481 e. The SMILES string of the molecule is O=C(O)C1CCCN(C(c2cccnc2)c2ccnc3ccccc23)C1. The maximum absolute atomic E-state index is 11.6. The third kappa shape index (κ3) is 3.18. The van der Waals surface area contributed by atoms with Crippen molar-refractivity contribution in [3.05, 3.63) is 72.2 Å². The van der Waals surface area contributed by atoms with Crippen LogP contribution in [0.5, 0.6) is 0 Å². The van der Waals surface area contributed by atoms with Crippen molar-refractivity contribution in [2.24, 2.45) is 5.92 Å². The van der Waals surface area contributed by atoms with E-state index >= 15 is 0 Å². The van der Waals surface area contributed by atoms with Gasteiger partial charge in [-0.3, -0.25) is 19.7 Å². The molecule has 2 atom stereocenters. The predicted molar refractivity (Wildman–Crippen MR) is 99.8 cm³/mol. The minimum atomic E-state index is -0.709. The Hall–Kier alpha value is -2.79. The molecule has 2 aromatic heterocycles. The molecule has 0 amide bonds. The molecule has 1 saturated heterocycles. The quantitative estimate of drug-likeness (QED) is 0.782. The van der Waals surface area contributed by atoms with Gasteiger partial charge in [-0.25, -0.2) is 0 Å². The molecule has 1 aliphatic heterocycles. The minimum absolute atomic E-state index is 0.0289. The highest BCUT2D eigenvalue weighted by Crippen LogP contribution is 2.35. The summed E-state index contributed by atoms with van der Waals surface area (Å²) in [4.78, 5) is 22.6. The third-order valence-corrected chi connectivity index (χ3v) is 5.14. The zero-order chi connectivity index (χ0) is 17.9. The van der Waals surface area contributed by atoms with Crippen molar-refractivity contribution in [1.82, 2.24) is 14.9 Å². The second kappa shape index (κ2) is 7.22. The highest BCUT2D eigenvalue weighted by atomic mass is 16.4. The third-order valence-electron chi connectivity index (χ3n) is 5.14. The first-order valence-corrected chi connectivity index (χ1v) is 8.94. The van der Waals surface area contributed by atoms with Gasteiger partial charge in [0.15, 0.2) is 0 Å². The van der Waals surface area contributed by atoms with Crippen molar-refractivity contribution in [2.45, 2.75) is 18.9 Å². The number of fused-ring (bicyclic) bond motifs is 1. The Bertz CT molecular complexity index is 908. The van der Waals surface area contributed by atoms with Crippen LogP contribution in [0, 0.1) is 5.92 Å². The highest BCUT2D eigenvalue weighted by Gasteiger charge is 2.32. The number of rotatable bonds is 4. The Morgan fingerprint density at radius 1 is 1.15 bits per heavy atom. The largest absolute Gasteiger partial charge is 0.481 e. The van der Waals surface area contributed by atoms with E-state index in [-0.39, 0.29) is 12.0 Å². The Morgan fingerprint density at radius 3 is 2.85 bits per heavy atom. The number of hydrogen-bond acceptors (Lipinski definition) is 4. The second-order valence-electron chi connectivity index (χ2n) is 6.78. The number of carboxylic acid groups (broad SMARTS) is 1. The van der Waals surface area contributed by atoms with Crippen molar-refractivity contribution in [1.29, 1.82) is 0 Å². The number of carbonyl (C=O) groups is 1. The molecular formula is C21H21N3O2. The maximum atomic E-state index is 11.6. The van der Waals surface area contributed by atoms with Crippen LogP contribution in [-0.2, 0) is 4.79 Å². The number of benzene rings is 1. The van der Waals surface area contributed by atoms with Gasteiger partial charge >= 0.3 is 5.97 Å². The molecule has 2 unspecified atom stereocenters. The lowest BCUT2D eigenvalue weighted by molar-refractivity contribution is -0.143. The van der Waals surface area contributed by atoms with Crippen LogP contribution in [-0.4, -0.2) is 39.0 Å². The van der Waals surface area contributed by atoms with Gasteiger partial charge in [0, 0.05) is 30.5 Å². The van der Waals surface area contributed by atoms with Gasteiger partial charge in [0.05, 0.1) is 17.5 Å². The Morgan fingerprint density at radius 2 is 2.04 bits per heavy atom. The normalized spacial score (nSPS) is 19.3. The first-order valence-electron chi connectivity index (χ1n) is 8.94. The van der Waals surface area contributed by atoms with E-state index in [4.69, 9.17) is 0 Å². The van der Waals surface area contributed by atoms with E-state index in [0.29, 0.717) is 6.54 Å². The van der Waals surface area contributed by atoms with E-state index in [1.807, 2.05) is 42.7 Å². The molecule has 0 spiro atoms. The molecule has 0 saturated carbocycles. The van der Waals surface area contributed by atoms with E-state index in [1.54, 1.807) is 6.20 Å². The monoisotopic (exact) mass is 347 g/mol. The summed E-state index contributed by atoms with van der Waals surface area (Å²) < 4.78 is 0. The fourth-order valence-corrected chi connectivity index (χ4v) is 3.92. The molecule has 0 aliphatic carbocycles. The van der Waals surface area contributed by atoms with Crippen LogP contribution >= 0.6 is 0 Å². The van der Waals surface area contributed by atoms with Gasteiger partial charge < -0.3 is 5.11 Å². The van der Waals surface area contributed by atoms with Gasteiger partial charge in [-0.05, 0) is 48.7 Å². The maximum Gasteiger partial charge on any atom is 0.307 e. The lowest BCUT2D eigenvalue weighted by atomic mass is 9.90. The molecule has 3 heterocycles. The number of nitrogens with zero attached hydrogens (tertiary/aromatic N) is 3. The van der Waals surface area contributed by atoms with Crippen molar-refractivity contribution in [3.63, 3.8) is 0 Å². The Labute approximate surface area is 152 Å². The summed E-state index contributed by atoms with van der Waals surface area (Å²) >= 11 is 0. The number of aromatic nitrogens is 2. The molecule has 5 nitrogen and oxygen atoms in total. The average Bonchev–Trinajstić information content (AvgIpc) is 2.69. The van der Waals surface area contributed by atoms with Gasteiger partial charge in [-0.2, -0.15) is 0 Å². The van der Waals surface area contributed by atoms with Gasteiger partial charge in [0.2, 0.25) is 0 Å². The molecule has 0 bridgehead atoms. The molecule has 1 aliphatic rings. The smallest absolute Gasteiger partial charge is 0.307 e. The van der Waals surface area contributed by atoms with Gasteiger partial charge in [-0.15, -0.1) is 0 Å². The van der Waals surface area contributed by atoms with Crippen molar-refractivity contribution in [3.8, 4) is 0 Å². The van der Waals surface area contributed by atoms with E-state index in [0.717, 1.165) is 41.4 Å². The summed E-state index contributed by atoms with van der Waals surface area (Å²) in [6, 6.07) is 14.1.